The highest BCUT2D eigenvalue weighted by Crippen LogP contribution is 2.36. The van der Waals surface area contributed by atoms with Gasteiger partial charge in [0.2, 0.25) is 5.91 Å². The van der Waals surface area contributed by atoms with E-state index < -0.39 is 5.54 Å². The van der Waals surface area contributed by atoms with Gasteiger partial charge in [0.05, 0.1) is 19.3 Å². The van der Waals surface area contributed by atoms with Crippen LogP contribution in [0.15, 0.2) is 54.6 Å². The molecule has 0 unspecified atom stereocenters. The van der Waals surface area contributed by atoms with Gasteiger partial charge in [-0.25, -0.2) is 4.79 Å². The second kappa shape index (κ2) is 7.64. The molecule has 146 valence electrons. The summed E-state index contributed by atoms with van der Waals surface area (Å²) in [6.45, 7) is 3.09. The smallest absolute Gasteiger partial charge is 0.337 e. The molecule has 2 aliphatic heterocycles. The molecule has 2 aliphatic rings. The molecule has 0 saturated carbocycles. The lowest BCUT2D eigenvalue weighted by molar-refractivity contribution is -0.125. The van der Waals surface area contributed by atoms with Crippen LogP contribution >= 0.6 is 0 Å². The lowest BCUT2D eigenvalue weighted by Gasteiger charge is -2.43. The number of piperidine rings is 1. The van der Waals surface area contributed by atoms with Crippen LogP contribution in [0.2, 0.25) is 0 Å². The van der Waals surface area contributed by atoms with Crippen molar-refractivity contribution in [2.45, 2.75) is 24.9 Å². The standard InChI is InChI=1S/C22H25N3O3/c1-28-20(26)18-9-7-17(8-10-18)15-24-13-11-22(12-14-24)21(27)23-16-25(22)19-5-3-2-4-6-19/h2-10H,11-16H2,1H3,(H,23,27). The van der Waals surface area contributed by atoms with Crippen LogP contribution in [0.3, 0.4) is 0 Å². The molecule has 2 aromatic carbocycles. The molecule has 28 heavy (non-hydrogen) atoms. The normalized spacial score (nSPS) is 18.9. The predicted octanol–water partition coefficient (Wildman–Crippen LogP) is 2.40. The molecule has 2 heterocycles. The first-order chi connectivity index (χ1) is 13.6. The zero-order chi connectivity index (χ0) is 19.6. The number of hydrogen-bond donors (Lipinski definition) is 1. The number of anilines is 1. The number of nitrogens with zero attached hydrogens (tertiary/aromatic N) is 2. The Morgan fingerprint density at radius 3 is 2.39 bits per heavy atom. The van der Waals surface area contributed by atoms with E-state index in [4.69, 9.17) is 4.74 Å². The quantitative estimate of drug-likeness (QED) is 0.827. The number of hydrogen-bond acceptors (Lipinski definition) is 5. The van der Waals surface area contributed by atoms with Gasteiger partial charge in [-0.1, -0.05) is 30.3 Å². The molecule has 0 radical (unpaired) electrons. The molecule has 0 bridgehead atoms. The van der Waals surface area contributed by atoms with Crippen LogP contribution in [0, 0.1) is 0 Å². The molecule has 6 nitrogen and oxygen atoms in total. The Hall–Kier alpha value is -2.86. The largest absolute Gasteiger partial charge is 0.465 e. The lowest BCUT2D eigenvalue weighted by atomic mass is 9.85. The average Bonchev–Trinajstić information content (AvgIpc) is 3.06. The van der Waals surface area contributed by atoms with E-state index in [1.54, 1.807) is 12.1 Å². The van der Waals surface area contributed by atoms with E-state index in [0.29, 0.717) is 12.2 Å². The fraction of sp³-hybridized carbons (Fsp3) is 0.364. The Morgan fingerprint density at radius 1 is 1.07 bits per heavy atom. The summed E-state index contributed by atoms with van der Waals surface area (Å²) in [5.41, 5.74) is 2.35. The molecule has 0 atom stereocenters. The summed E-state index contributed by atoms with van der Waals surface area (Å²) in [5.74, 6) is -0.182. The van der Waals surface area contributed by atoms with Gasteiger partial charge in [-0.2, -0.15) is 0 Å². The van der Waals surface area contributed by atoms with Gasteiger partial charge in [0.25, 0.3) is 0 Å². The second-order valence-electron chi connectivity index (χ2n) is 7.42. The van der Waals surface area contributed by atoms with Gasteiger partial charge < -0.3 is 15.0 Å². The van der Waals surface area contributed by atoms with Crippen LogP contribution in [0.25, 0.3) is 0 Å². The van der Waals surface area contributed by atoms with Crippen LogP contribution in [0.1, 0.15) is 28.8 Å². The number of likely N-dealkylation sites (tertiary alicyclic amines) is 1. The molecule has 0 aliphatic carbocycles. The number of rotatable bonds is 4. The Kier molecular flexibility index (Phi) is 5.05. The fourth-order valence-corrected chi connectivity index (χ4v) is 4.24. The molecule has 1 spiro atoms. The highest BCUT2D eigenvalue weighted by molar-refractivity contribution is 5.93. The third-order valence-corrected chi connectivity index (χ3v) is 5.87. The molecule has 6 heteroatoms. The van der Waals surface area contributed by atoms with E-state index in [1.807, 2.05) is 30.3 Å². The molecule has 4 rings (SSSR count). The van der Waals surface area contributed by atoms with E-state index in [9.17, 15) is 9.59 Å². The zero-order valence-electron chi connectivity index (χ0n) is 16.1. The Balaban J connectivity index is 1.42. The fourth-order valence-electron chi connectivity index (χ4n) is 4.24. The number of nitrogens with one attached hydrogen (secondary N) is 1. The van der Waals surface area contributed by atoms with Crippen LogP contribution in [0.4, 0.5) is 5.69 Å². The van der Waals surface area contributed by atoms with Crippen molar-refractivity contribution < 1.29 is 14.3 Å². The first kappa shape index (κ1) is 18.5. The monoisotopic (exact) mass is 379 g/mol. The zero-order valence-corrected chi connectivity index (χ0v) is 16.1. The summed E-state index contributed by atoms with van der Waals surface area (Å²) in [7, 11) is 1.39. The SMILES string of the molecule is COC(=O)c1ccc(CN2CCC3(CC2)C(=O)NCN3c2ccccc2)cc1. The molecule has 2 fully saturated rings. The van der Waals surface area contributed by atoms with E-state index in [0.717, 1.165) is 43.7 Å². The number of methoxy groups -OCH3 is 1. The summed E-state index contributed by atoms with van der Waals surface area (Å²) >= 11 is 0. The molecule has 2 aromatic rings. The van der Waals surface area contributed by atoms with Crippen molar-refractivity contribution in [1.82, 2.24) is 10.2 Å². The van der Waals surface area contributed by atoms with E-state index in [1.165, 1.54) is 7.11 Å². The minimum atomic E-state index is -0.452. The summed E-state index contributed by atoms with van der Waals surface area (Å²) < 4.78 is 4.74. The van der Waals surface area contributed by atoms with Gasteiger partial charge in [-0.3, -0.25) is 9.69 Å². The maximum absolute atomic E-state index is 12.7. The molecular weight excluding hydrogens is 354 g/mol. The van der Waals surface area contributed by atoms with Gasteiger partial charge in [0.1, 0.15) is 5.54 Å². The van der Waals surface area contributed by atoms with Crippen molar-refractivity contribution in [3.63, 3.8) is 0 Å². The van der Waals surface area contributed by atoms with Crippen molar-refractivity contribution in [1.29, 1.82) is 0 Å². The number of amides is 1. The lowest BCUT2D eigenvalue weighted by Crippen LogP contribution is -2.56. The van der Waals surface area contributed by atoms with Crippen LogP contribution in [-0.4, -0.2) is 49.2 Å². The van der Waals surface area contributed by atoms with E-state index in [2.05, 4.69) is 27.2 Å². The van der Waals surface area contributed by atoms with Gasteiger partial charge in [0.15, 0.2) is 0 Å². The van der Waals surface area contributed by atoms with E-state index >= 15 is 0 Å². The molecular formula is C22H25N3O3. The topological polar surface area (TPSA) is 61.9 Å². The minimum absolute atomic E-state index is 0.137. The summed E-state index contributed by atoms with van der Waals surface area (Å²) in [5, 5.41) is 3.04. The number of ether oxygens (including phenoxy) is 1. The van der Waals surface area contributed by atoms with Gasteiger partial charge >= 0.3 is 5.97 Å². The summed E-state index contributed by atoms with van der Waals surface area (Å²) in [6, 6.07) is 17.7. The highest BCUT2D eigenvalue weighted by Gasteiger charge is 2.50. The summed E-state index contributed by atoms with van der Waals surface area (Å²) in [4.78, 5) is 28.9. The Labute approximate surface area is 165 Å². The molecule has 1 N–H and O–H groups in total. The van der Waals surface area contributed by atoms with Crippen molar-refractivity contribution in [3.8, 4) is 0 Å². The van der Waals surface area contributed by atoms with Crippen molar-refractivity contribution >= 4 is 17.6 Å². The molecule has 2 saturated heterocycles. The number of benzene rings is 2. The van der Waals surface area contributed by atoms with Gasteiger partial charge in [0, 0.05) is 25.3 Å². The van der Waals surface area contributed by atoms with Crippen molar-refractivity contribution in [3.05, 3.63) is 65.7 Å². The van der Waals surface area contributed by atoms with Gasteiger partial charge in [-0.05, 0) is 42.7 Å². The predicted molar refractivity (Wildman–Crippen MR) is 107 cm³/mol. The first-order valence-corrected chi connectivity index (χ1v) is 9.63. The molecule has 0 aromatic heterocycles. The van der Waals surface area contributed by atoms with Crippen LogP contribution < -0.4 is 10.2 Å². The summed E-state index contributed by atoms with van der Waals surface area (Å²) in [6.07, 6.45) is 1.60. The minimum Gasteiger partial charge on any atom is -0.465 e. The second-order valence-corrected chi connectivity index (χ2v) is 7.42. The third-order valence-electron chi connectivity index (χ3n) is 5.87. The van der Waals surface area contributed by atoms with Gasteiger partial charge in [-0.15, -0.1) is 0 Å². The maximum Gasteiger partial charge on any atom is 0.337 e. The number of esters is 1. The van der Waals surface area contributed by atoms with Crippen LogP contribution in [-0.2, 0) is 16.1 Å². The first-order valence-electron chi connectivity index (χ1n) is 9.63. The number of carbonyl (C=O) groups excluding carboxylic acids is 2. The third kappa shape index (κ3) is 3.36. The molecule has 1 amide bonds. The highest BCUT2D eigenvalue weighted by atomic mass is 16.5. The van der Waals surface area contributed by atoms with E-state index in [-0.39, 0.29) is 11.9 Å². The van der Waals surface area contributed by atoms with Crippen molar-refractivity contribution in [2.24, 2.45) is 0 Å². The Morgan fingerprint density at radius 2 is 1.75 bits per heavy atom. The Bertz CT molecular complexity index is 843. The maximum atomic E-state index is 12.7. The average molecular weight is 379 g/mol. The van der Waals surface area contributed by atoms with Crippen molar-refractivity contribution in [2.75, 3.05) is 31.8 Å². The number of carbonyl (C=O) groups is 2. The van der Waals surface area contributed by atoms with Crippen LogP contribution in [0.5, 0.6) is 0 Å². The number of para-hydroxylation sites is 1.